The highest BCUT2D eigenvalue weighted by Crippen LogP contribution is 2.18. The molecular formula is C10H7N4O. The number of hydrogen-bond donors (Lipinski definition) is 1. The number of amides is 1. The van der Waals surface area contributed by atoms with Crippen LogP contribution in [-0.4, -0.2) is 21.1 Å². The number of carbonyl (C=O) groups excluding carboxylic acids is 1. The first-order valence-corrected chi connectivity index (χ1v) is 4.23. The maximum atomic E-state index is 11.1. The molecule has 15 heavy (non-hydrogen) atoms. The van der Waals surface area contributed by atoms with E-state index in [1.807, 2.05) is 0 Å². The molecular weight excluding hydrogens is 192 g/mol. The van der Waals surface area contributed by atoms with Crippen molar-refractivity contribution < 1.29 is 4.79 Å². The Hall–Kier alpha value is -2.30. The SMILES string of the molecule is NC(=O)c1cnn[c]c1-c1ccccn1. The number of carbonyl (C=O) groups is 1. The second-order valence-electron chi connectivity index (χ2n) is 2.82. The smallest absolute Gasteiger partial charge is 0.251 e. The molecule has 5 heteroatoms. The van der Waals surface area contributed by atoms with Gasteiger partial charge >= 0.3 is 0 Å². The van der Waals surface area contributed by atoms with Gasteiger partial charge in [-0.2, -0.15) is 5.10 Å². The lowest BCUT2D eigenvalue weighted by atomic mass is 10.1. The summed E-state index contributed by atoms with van der Waals surface area (Å²) in [4.78, 5) is 15.2. The molecule has 0 saturated heterocycles. The first kappa shape index (κ1) is 9.26. The van der Waals surface area contributed by atoms with E-state index in [9.17, 15) is 4.79 Å². The van der Waals surface area contributed by atoms with E-state index >= 15 is 0 Å². The minimum Gasteiger partial charge on any atom is -0.366 e. The highest BCUT2D eigenvalue weighted by Gasteiger charge is 2.11. The van der Waals surface area contributed by atoms with E-state index in [0.29, 0.717) is 11.3 Å². The summed E-state index contributed by atoms with van der Waals surface area (Å²) in [5.41, 5.74) is 6.53. The van der Waals surface area contributed by atoms with Gasteiger partial charge in [-0.3, -0.25) is 9.78 Å². The fourth-order valence-electron chi connectivity index (χ4n) is 1.18. The Morgan fingerprint density at radius 2 is 2.27 bits per heavy atom. The van der Waals surface area contributed by atoms with Crippen LogP contribution in [0.5, 0.6) is 0 Å². The first-order chi connectivity index (χ1) is 7.29. The monoisotopic (exact) mass is 199 g/mol. The average molecular weight is 199 g/mol. The van der Waals surface area contributed by atoms with Crippen molar-refractivity contribution in [3.05, 3.63) is 42.4 Å². The Morgan fingerprint density at radius 3 is 2.93 bits per heavy atom. The molecule has 0 aliphatic heterocycles. The van der Waals surface area contributed by atoms with Crippen LogP contribution in [-0.2, 0) is 0 Å². The quantitative estimate of drug-likeness (QED) is 0.760. The van der Waals surface area contributed by atoms with Crippen LogP contribution in [0.15, 0.2) is 30.6 Å². The van der Waals surface area contributed by atoms with Crippen molar-refractivity contribution in [1.29, 1.82) is 0 Å². The molecule has 0 bridgehead atoms. The van der Waals surface area contributed by atoms with Gasteiger partial charge in [0.1, 0.15) is 6.20 Å². The number of aromatic nitrogens is 3. The molecule has 1 amide bonds. The van der Waals surface area contributed by atoms with Crippen LogP contribution < -0.4 is 5.73 Å². The third-order valence-electron chi connectivity index (χ3n) is 1.86. The van der Waals surface area contributed by atoms with E-state index in [1.165, 1.54) is 6.20 Å². The standard InChI is InChI=1S/C10H7N4O/c11-10(15)8-6-14-13-5-7(8)9-3-1-2-4-12-9/h1-4,6H,(H2,11,15). The summed E-state index contributed by atoms with van der Waals surface area (Å²) >= 11 is 0. The van der Waals surface area contributed by atoms with E-state index in [4.69, 9.17) is 5.73 Å². The zero-order valence-electron chi connectivity index (χ0n) is 7.71. The Morgan fingerprint density at radius 1 is 1.40 bits per heavy atom. The van der Waals surface area contributed by atoms with Gasteiger partial charge in [-0.1, -0.05) is 6.07 Å². The fraction of sp³-hybridized carbons (Fsp3) is 0. The molecule has 2 N–H and O–H groups in total. The van der Waals surface area contributed by atoms with Crippen molar-refractivity contribution in [2.24, 2.45) is 5.73 Å². The fourth-order valence-corrected chi connectivity index (χ4v) is 1.18. The van der Waals surface area contributed by atoms with Crippen LogP contribution >= 0.6 is 0 Å². The molecule has 0 fully saturated rings. The summed E-state index contributed by atoms with van der Waals surface area (Å²) in [6, 6.07) is 5.34. The Kier molecular flexibility index (Phi) is 2.37. The van der Waals surface area contributed by atoms with Gasteiger partial charge in [-0.25, -0.2) is 0 Å². The second kappa shape index (κ2) is 3.83. The highest BCUT2D eigenvalue weighted by atomic mass is 16.1. The maximum Gasteiger partial charge on any atom is 0.251 e. The summed E-state index contributed by atoms with van der Waals surface area (Å²) in [5, 5.41) is 7.14. The van der Waals surface area contributed by atoms with Gasteiger partial charge in [-0.15, -0.1) is 5.10 Å². The van der Waals surface area contributed by atoms with Gasteiger partial charge in [0.25, 0.3) is 5.91 Å². The number of primary amides is 1. The van der Waals surface area contributed by atoms with Crippen molar-refractivity contribution in [3.8, 4) is 11.3 Å². The Labute approximate surface area is 86.0 Å². The largest absolute Gasteiger partial charge is 0.366 e. The molecule has 0 aliphatic rings. The average Bonchev–Trinajstić information content (AvgIpc) is 2.30. The van der Waals surface area contributed by atoms with Crippen molar-refractivity contribution in [1.82, 2.24) is 15.2 Å². The van der Waals surface area contributed by atoms with Gasteiger partial charge in [-0.05, 0) is 12.1 Å². The third kappa shape index (κ3) is 1.80. The van der Waals surface area contributed by atoms with E-state index in [2.05, 4.69) is 21.4 Å². The summed E-state index contributed by atoms with van der Waals surface area (Å²) in [6.45, 7) is 0. The number of hydrogen-bond acceptors (Lipinski definition) is 4. The van der Waals surface area contributed by atoms with E-state index in [0.717, 1.165) is 0 Å². The zero-order valence-corrected chi connectivity index (χ0v) is 7.71. The van der Waals surface area contributed by atoms with Gasteiger partial charge in [0.15, 0.2) is 0 Å². The van der Waals surface area contributed by atoms with E-state index in [1.54, 1.807) is 24.4 Å². The van der Waals surface area contributed by atoms with Crippen molar-refractivity contribution >= 4 is 5.91 Å². The molecule has 2 aromatic heterocycles. The van der Waals surface area contributed by atoms with Crippen LogP contribution in [0.2, 0.25) is 0 Å². The molecule has 0 aromatic carbocycles. The number of nitrogens with two attached hydrogens (primary N) is 1. The Bertz CT molecular complexity index is 484. The van der Waals surface area contributed by atoms with Crippen molar-refractivity contribution in [3.63, 3.8) is 0 Å². The van der Waals surface area contributed by atoms with Gasteiger partial charge in [0.05, 0.1) is 17.5 Å². The number of nitrogens with zero attached hydrogens (tertiary/aromatic N) is 3. The molecule has 0 aliphatic carbocycles. The van der Waals surface area contributed by atoms with Gasteiger partial charge in [0.2, 0.25) is 0 Å². The predicted molar refractivity (Wildman–Crippen MR) is 52.6 cm³/mol. The van der Waals surface area contributed by atoms with Crippen LogP contribution in [0.25, 0.3) is 11.3 Å². The molecule has 0 spiro atoms. The van der Waals surface area contributed by atoms with Gasteiger partial charge < -0.3 is 5.73 Å². The molecule has 73 valence electrons. The number of rotatable bonds is 2. The third-order valence-corrected chi connectivity index (χ3v) is 1.86. The minimum atomic E-state index is -0.568. The van der Waals surface area contributed by atoms with Crippen LogP contribution in [0, 0.1) is 6.20 Å². The molecule has 2 aromatic rings. The number of pyridine rings is 1. The topological polar surface area (TPSA) is 81.8 Å². The van der Waals surface area contributed by atoms with Crippen LogP contribution in [0.4, 0.5) is 0 Å². The van der Waals surface area contributed by atoms with Crippen molar-refractivity contribution in [2.45, 2.75) is 0 Å². The molecule has 0 unspecified atom stereocenters. The van der Waals surface area contributed by atoms with E-state index in [-0.39, 0.29) is 5.56 Å². The molecule has 5 nitrogen and oxygen atoms in total. The highest BCUT2D eigenvalue weighted by molar-refractivity contribution is 5.98. The zero-order chi connectivity index (χ0) is 10.7. The molecule has 2 heterocycles. The van der Waals surface area contributed by atoms with E-state index < -0.39 is 5.91 Å². The lowest BCUT2D eigenvalue weighted by molar-refractivity contribution is 0.100. The summed E-state index contributed by atoms with van der Waals surface area (Å²) in [7, 11) is 0. The maximum absolute atomic E-state index is 11.1. The molecule has 2 rings (SSSR count). The van der Waals surface area contributed by atoms with Gasteiger partial charge in [0, 0.05) is 11.8 Å². The summed E-state index contributed by atoms with van der Waals surface area (Å²) < 4.78 is 0. The molecule has 1 radical (unpaired) electrons. The lowest BCUT2D eigenvalue weighted by Crippen LogP contribution is -2.13. The minimum absolute atomic E-state index is 0.267. The Balaban J connectivity index is 2.58. The molecule has 0 atom stereocenters. The normalized spacial score (nSPS) is 9.87. The summed E-state index contributed by atoms with van der Waals surface area (Å²) in [5.74, 6) is -0.568. The first-order valence-electron chi connectivity index (χ1n) is 4.23. The summed E-state index contributed by atoms with van der Waals surface area (Å²) in [6.07, 6.45) is 5.54. The second-order valence-corrected chi connectivity index (χ2v) is 2.82. The van der Waals surface area contributed by atoms with Crippen LogP contribution in [0.1, 0.15) is 10.4 Å². The lowest BCUT2D eigenvalue weighted by Gasteiger charge is -2.02. The van der Waals surface area contributed by atoms with Crippen molar-refractivity contribution in [2.75, 3.05) is 0 Å². The predicted octanol–water partition coefficient (Wildman–Crippen LogP) is 0.438. The molecule has 0 saturated carbocycles. The van der Waals surface area contributed by atoms with Crippen LogP contribution in [0.3, 0.4) is 0 Å².